The number of aromatic nitrogens is 3. The summed E-state index contributed by atoms with van der Waals surface area (Å²) in [5.41, 5.74) is 3.69. The summed E-state index contributed by atoms with van der Waals surface area (Å²) in [6.45, 7) is 8.93. The monoisotopic (exact) mass is 507 g/mol. The number of carbonyl (C=O) groups is 1. The van der Waals surface area contributed by atoms with Crippen LogP contribution in [0.15, 0.2) is 24.3 Å². The Morgan fingerprint density at radius 2 is 1.57 bits per heavy atom. The van der Waals surface area contributed by atoms with Crippen molar-refractivity contribution in [2.45, 2.75) is 91.9 Å². The van der Waals surface area contributed by atoms with Gasteiger partial charge in [-0.1, -0.05) is 64.9 Å². The molecular formula is C31H45N3O3. The molecule has 0 saturated heterocycles. The third-order valence-corrected chi connectivity index (χ3v) is 6.47. The minimum absolute atomic E-state index is 0.300. The van der Waals surface area contributed by atoms with Crippen molar-refractivity contribution in [2.75, 3.05) is 13.2 Å². The Morgan fingerprint density at radius 1 is 0.838 bits per heavy atom. The van der Waals surface area contributed by atoms with E-state index in [2.05, 4.69) is 47.0 Å². The van der Waals surface area contributed by atoms with Gasteiger partial charge in [-0.25, -0.2) is 4.79 Å². The van der Waals surface area contributed by atoms with E-state index < -0.39 is 5.97 Å². The van der Waals surface area contributed by atoms with E-state index in [0.29, 0.717) is 30.2 Å². The molecule has 0 saturated carbocycles. The molecule has 0 fully saturated rings. The molecule has 37 heavy (non-hydrogen) atoms. The van der Waals surface area contributed by atoms with Gasteiger partial charge in [0.05, 0.1) is 30.3 Å². The number of hydrogen-bond donors (Lipinski definition) is 3. The highest BCUT2D eigenvalue weighted by atomic mass is 16.5. The first-order valence-electron chi connectivity index (χ1n) is 14.2. The van der Waals surface area contributed by atoms with E-state index in [9.17, 15) is 4.79 Å². The highest BCUT2D eigenvalue weighted by Gasteiger charge is 2.26. The SMILES string of the molecule is CCCCCCCCCCC=c1ccc(=Cc2[nH]c(-c3ccc(C)[nH]3)c(C(=O)OCC)c2OCCC)[nH]1. The Morgan fingerprint density at radius 3 is 2.24 bits per heavy atom. The second-order valence-electron chi connectivity index (χ2n) is 9.72. The molecule has 3 heterocycles. The molecule has 0 aliphatic heterocycles. The smallest absolute Gasteiger partial charge is 0.344 e. The molecule has 0 radical (unpaired) electrons. The lowest BCUT2D eigenvalue weighted by atomic mass is 10.1. The van der Waals surface area contributed by atoms with Gasteiger partial charge in [0.15, 0.2) is 5.75 Å². The fourth-order valence-electron chi connectivity index (χ4n) is 4.53. The van der Waals surface area contributed by atoms with Crippen molar-refractivity contribution >= 4 is 18.1 Å². The number of rotatable bonds is 16. The molecule has 3 N–H and O–H groups in total. The van der Waals surface area contributed by atoms with Crippen LogP contribution in [-0.4, -0.2) is 34.1 Å². The van der Waals surface area contributed by atoms with Crippen molar-refractivity contribution in [3.05, 3.63) is 51.9 Å². The molecule has 0 bridgehead atoms. The third kappa shape index (κ3) is 8.44. The molecule has 0 aliphatic rings. The normalized spacial score (nSPS) is 12.4. The fraction of sp³-hybridized carbons (Fsp3) is 0.516. The second kappa shape index (κ2) is 15.2. The summed E-state index contributed by atoms with van der Waals surface area (Å²) in [5.74, 6) is 0.138. The van der Waals surface area contributed by atoms with E-state index in [4.69, 9.17) is 9.47 Å². The van der Waals surface area contributed by atoms with Gasteiger partial charge in [-0.15, -0.1) is 0 Å². The van der Waals surface area contributed by atoms with Gasteiger partial charge in [0, 0.05) is 16.4 Å². The van der Waals surface area contributed by atoms with Crippen LogP contribution >= 0.6 is 0 Å². The summed E-state index contributed by atoms with van der Waals surface area (Å²) in [7, 11) is 0. The van der Waals surface area contributed by atoms with E-state index in [1.165, 1.54) is 51.4 Å². The standard InChI is InChI=1S/C31H45N3O3/c1-5-8-9-10-11-12-13-14-15-16-24-18-19-25(33-24)22-27-30(37-21-6-2)28(31(35)36-7-3)29(34-27)26-20-17-23(4)32-26/h16-20,22,32-34H,5-15,21H2,1-4H3. The maximum absolute atomic E-state index is 13.0. The maximum Gasteiger partial charge on any atom is 0.344 e. The number of nitrogens with one attached hydrogen (secondary N) is 3. The quantitative estimate of drug-likeness (QED) is 0.148. The number of unbranched alkanes of at least 4 members (excludes halogenated alkanes) is 8. The molecule has 0 amide bonds. The molecule has 3 aromatic rings. The van der Waals surface area contributed by atoms with Gasteiger partial charge in [-0.2, -0.15) is 0 Å². The molecule has 0 spiro atoms. The predicted molar refractivity (Wildman–Crippen MR) is 152 cm³/mol. The topological polar surface area (TPSA) is 82.9 Å². The Balaban J connectivity index is 1.80. The molecule has 0 aromatic carbocycles. The third-order valence-electron chi connectivity index (χ3n) is 6.47. The minimum Gasteiger partial charge on any atom is -0.490 e. The van der Waals surface area contributed by atoms with Gasteiger partial charge >= 0.3 is 5.97 Å². The number of hydrogen-bond acceptors (Lipinski definition) is 3. The van der Waals surface area contributed by atoms with Crippen molar-refractivity contribution < 1.29 is 14.3 Å². The van der Waals surface area contributed by atoms with Gasteiger partial charge in [-0.05, 0) is 63.5 Å². The number of ether oxygens (including phenoxy) is 2. The first-order chi connectivity index (χ1) is 18.1. The van der Waals surface area contributed by atoms with Gasteiger partial charge in [0.25, 0.3) is 0 Å². The van der Waals surface area contributed by atoms with Crippen LogP contribution in [0.2, 0.25) is 0 Å². The molecule has 202 valence electrons. The van der Waals surface area contributed by atoms with E-state index >= 15 is 0 Å². The Labute approximate surface area is 221 Å². The van der Waals surface area contributed by atoms with Gasteiger partial charge in [0.2, 0.25) is 0 Å². The number of aryl methyl sites for hydroxylation is 1. The van der Waals surface area contributed by atoms with E-state index in [1.54, 1.807) is 0 Å². The lowest BCUT2D eigenvalue weighted by Crippen LogP contribution is -2.10. The Hall–Kier alpha value is -3.15. The average Bonchev–Trinajstić information content (AvgIpc) is 3.61. The zero-order chi connectivity index (χ0) is 26.5. The minimum atomic E-state index is -0.391. The van der Waals surface area contributed by atoms with Crippen LogP contribution < -0.4 is 15.4 Å². The lowest BCUT2D eigenvalue weighted by molar-refractivity contribution is 0.0523. The van der Waals surface area contributed by atoms with Crippen LogP contribution in [0.25, 0.3) is 23.5 Å². The van der Waals surface area contributed by atoms with Crippen molar-refractivity contribution in [3.8, 4) is 17.1 Å². The highest BCUT2D eigenvalue weighted by molar-refractivity contribution is 6.00. The Bertz CT molecular complexity index is 1210. The van der Waals surface area contributed by atoms with Crippen molar-refractivity contribution in [2.24, 2.45) is 0 Å². The molecule has 0 aliphatic carbocycles. The van der Waals surface area contributed by atoms with Crippen LogP contribution in [0.1, 0.15) is 107 Å². The zero-order valence-corrected chi connectivity index (χ0v) is 23.2. The average molecular weight is 508 g/mol. The summed E-state index contributed by atoms with van der Waals surface area (Å²) in [4.78, 5) is 23.2. The van der Waals surface area contributed by atoms with Crippen LogP contribution in [0.4, 0.5) is 0 Å². The van der Waals surface area contributed by atoms with E-state index in [1.807, 2.05) is 32.1 Å². The summed E-state index contributed by atoms with van der Waals surface area (Å²) in [6.07, 6.45) is 16.8. The molecule has 3 rings (SSSR count). The molecule has 6 heteroatoms. The molecule has 6 nitrogen and oxygen atoms in total. The van der Waals surface area contributed by atoms with Crippen molar-refractivity contribution in [3.63, 3.8) is 0 Å². The lowest BCUT2D eigenvalue weighted by Gasteiger charge is -2.08. The van der Waals surface area contributed by atoms with E-state index in [0.717, 1.165) is 40.6 Å². The van der Waals surface area contributed by atoms with Gasteiger partial charge < -0.3 is 24.4 Å². The van der Waals surface area contributed by atoms with Crippen LogP contribution in [0, 0.1) is 6.92 Å². The number of aromatic amines is 3. The summed E-state index contributed by atoms with van der Waals surface area (Å²) >= 11 is 0. The fourth-order valence-corrected chi connectivity index (χ4v) is 4.53. The van der Waals surface area contributed by atoms with Gasteiger partial charge in [-0.3, -0.25) is 0 Å². The molecule has 0 atom stereocenters. The van der Waals surface area contributed by atoms with E-state index in [-0.39, 0.29) is 0 Å². The van der Waals surface area contributed by atoms with Crippen molar-refractivity contribution in [1.82, 2.24) is 15.0 Å². The second-order valence-corrected chi connectivity index (χ2v) is 9.72. The first-order valence-corrected chi connectivity index (χ1v) is 14.2. The Kier molecular flexibility index (Phi) is 11.7. The maximum atomic E-state index is 13.0. The number of esters is 1. The largest absolute Gasteiger partial charge is 0.490 e. The number of H-pyrrole nitrogens is 3. The molecular weight excluding hydrogens is 462 g/mol. The molecule has 3 aromatic heterocycles. The van der Waals surface area contributed by atoms with Crippen LogP contribution in [-0.2, 0) is 4.74 Å². The number of carbonyl (C=O) groups excluding carboxylic acids is 1. The summed E-state index contributed by atoms with van der Waals surface area (Å²) < 4.78 is 11.5. The summed E-state index contributed by atoms with van der Waals surface area (Å²) in [5, 5.41) is 2.07. The zero-order valence-electron chi connectivity index (χ0n) is 23.2. The van der Waals surface area contributed by atoms with Crippen molar-refractivity contribution in [1.29, 1.82) is 0 Å². The summed E-state index contributed by atoms with van der Waals surface area (Å²) in [6, 6.07) is 8.12. The van der Waals surface area contributed by atoms with Gasteiger partial charge in [0.1, 0.15) is 5.56 Å². The highest BCUT2D eigenvalue weighted by Crippen LogP contribution is 2.35. The van der Waals surface area contributed by atoms with Crippen LogP contribution in [0.5, 0.6) is 5.75 Å². The molecule has 0 unspecified atom stereocenters. The predicted octanol–water partition coefficient (Wildman–Crippen LogP) is 6.75. The first kappa shape index (κ1) is 28.4. The van der Waals surface area contributed by atoms with Crippen LogP contribution in [0.3, 0.4) is 0 Å².